The Morgan fingerprint density at radius 3 is 0.863 bits per heavy atom. The molecule has 0 atom stereocenters. The van der Waals surface area contributed by atoms with Crippen LogP contribution in [0.5, 0.6) is 0 Å². The van der Waals surface area contributed by atoms with Gasteiger partial charge in [0, 0.05) is 25.9 Å². The standard InChI is InChI=1S/C43H82N2O6/c1-3-5-7-9-11-13-15-17-19-21-23-25-27-29-31-33-40(48)45(43(51)39-42(50)44(35-37-46)36-38-47)41(49)34-32-30-28-26-24-22-20-18-16-14-12-10-8-6-4-2/h46-47H,3-39H2,1-2H3. The number of nitrogens with zero attached hydrogens (tertiary/aromatic N) is 2. The van der Waals surface area contributed by atoms with Gasteiger partial charge in [0.15, 0.2) is 0 Å². The molecule has 0 fully saturated rings. The lowest BCUT2D eigenvalue weighted by Crippen LogP contribution is -2.45. The van der Waals surface area contributed by atoms with Crippen molar-refractivity contribution >= 4 is 23.6 Å². The van der Waals surface area contributed by atoms with E-state index in [0.29, 0.717) is 12.8 Å². The molecule has 0 heterocycles. The van der Waals surface area contributed by atoms with Crippen LogP contribution in [0.2, 0.25) is 0 Å². The largest absolute Gasteiger partial charge is 0.395 e. The summed E-state index contributed by atoms with van der Waals surface area (Å²) in [6, 6.07) is 0. The van der Waals surface area contributed by atoms with E-state index in [-0.39, 0.29) is 39.1 Å². The van der Waals surface area contributed by atoms with Crippen molar-refractivity contribution in [2.24, 2.45) is 0 Å². The van der Waals surface area contributed by atoms with E-state index < -0.39 is 30.0 Å². The maximum atomic E-state index is 13.2. The van der Waals surface area contributed by atoms with E-state index >= 15 is 0 Å². The number of unbranched alkanes of at least 4 members (excludes halogenated alkanes) is 28. The number of hydrogen-bond acceptors (Lipinski definition) is 6. The average Bonchev–Trinajstić information content (AvgIpc) is 3.11. The quantitative estimate of drug-likeness (QED) is 0.0484. The van der Waals surface area contributed by atoms with Crippen molar-refractivity contribution in [2.45, 2.75) is 226 Å². The average molecular weight is 723 g/mol. The van der Waals surface area contributed by atoms with E-state index in [4.69, 9.17) is 0 Å². The van der Waals surface area contributed by atoms with Gasteiger partial charge in [0.1, 0.15) is 6.42 Å². The third-order valence-corrected chi connectivity index (χ3v) is 10.1. The van der Waals surface area contributed by atoms with Crippen LogP contribution in [0, 0.1) is 0 Å². The first-order valence-electron chi connectivity index (χ1n) is 21.8. The van der Waals surface area contributed by atoms with Crippen molar-refractivity contribution in [1.82, 2.24) is 9.80 Å². The van der Waals surface area contributed by atoms with Crippen LogP contribution in [0.1, 0.15) is 226 Å². The zero-order valence-electron chi connectivity index (χ0n) is 33.6. The van der Waals surface area contributed by atoms with Gasteiger partial charge in [-0.25, -0.2) is 4.90 Å². The monoisotopic (exact) mass is 723 g/mol. The Morgan fingerprint density at radius 1 is 0.353 bits per heavy atom. The number of hydrogen-bond donors (Lipinski definition) is 2. The van der Waals surface area contributed by atoms with Gasteiger partial charge in [-0.2, -0.15) is 0 Å². The van der Waals surface area contributed by atoms with E-state index in [9.17, 15) is 29.4 Å². The van der Waals surface area contributed by atoms with Crippen LogP contribution in [-0.4, -0.2) is 69.9 Å². The van der Waals surface area contributed by atoms with Crippen LogP contribution in [0.4, 0.5) is 0 Å². The predicted molar refractivity (Wildman–Crippen MR) is 211 cm³/mol. The van der Waals surface area contributed by atoms with E-state index in [1.807, 2.05) is 0 Å². The summed E-state index contributed by atoms with van der Waals surface area (Å²) >= 11 is 0. The van der Waals surface area contributed by atoms with E-state index in [0.717, 1.165) is 43.4 Å². The Labute approximate surface area is 314 Å². The van der Waals surface area contributed by atoms with Gasteiger partial charge in [0.2, 0.25) is 23.6 Å². The second-order valence-corrected chi connectivity index (χ2v) is 14.9. The molecule has 0 aromatic carbocycles. The SMILES string of the molecule is CCCCCCCCCCCCCCCCCC(=O)N(C(=O)CCCCCCCCCCCCCCCCC)C(=O)CC(=O)N(CCO)CCO. The molecule has 4 amide bonds. The molecule has 0 bridgehead atoms. The first kappa shape index (κ1) is 49.2. The minimum Gasteiger partial charge on any atom is -0.395 e. The van der Waals surface area contributed by atoms with E-state index in [2.05, 4.69) is 13.8 Å². The molecule has 0 saturated heterocycles. The molecule has 0 spiro atoms. The molecule has 0 radical (unpaired) electrons. The van der Waals surface area contributed by atoms with Crippen molar-refractivity contribution in [3.05, 3.63) is 0 Å². The molecule has 0 unspecified atom stereocenters. The Hall–Kier alpha value is -1.80. The molecule has 0 saturated carbocycles. The van der Waals surface area contributed by atoms with E-state index in [1.54, 1.807) is 0 Å². The van der Waals surface area contributed by atoms with Gasteiger partial charge in [-0.05, 0) is 12.8 Å². The van der Waals surface area contributed by atoms with Crippen LogP contribution in [0.25, 0.3) is 0 Å². The second-order valence-electron chi connectivity index (χ2n) is 14.9. The van der Waals surface area contributed by atoms with Gasteiger partial charge < -0.3 is 15.1 Å². The highest BCUT2D eigenvalue weighted by atomic mass is 16.3. The third kappa shape index (κ3) is 30.4. The lowest BCUT2D eigenvalue weighted by molar-refractivity contribution is -0.155. The summed E-state index contributed by atoms with van der Waals surface area (Å²) in [5.41, 5.74) is 0. The zero-order valence-corrected chi connectivity index (χ0v) is 33.6. The van der Waals surface area contributed by atoms with Gasteiger partial charge in [-0.3, -0.25) is 19.2 Å². The number of imide groups is 3. The maximum Gasteiger partial charge on any atom is 0.245 e. The molecule has 0 aromatic rings. The molecule has 0 aromatic heterocycles. The Morgan fingerprint density at radius 2 is 0.608 bits per heavy atom. The van der Waals surface area contributed by atoms with Crippen molar-refractivity contribution in [1.29, 1.82) is 0 Å². The smallest absolute Gasteiger partial charge is 0.245 e. The van der Waals surface area contributed by atoms with Gasteiger partial charge in [-0.1, -0.05) is 194 Å². The number of aliphatic hydroxyl groups excluding tert-OH is 2. The third-order valence-electron chi connectivity index (χ3n) is 10.1. The highest BCUT2D eigenvalue weighted by molar-refractivity contribution is 6.14. The summed E-state index contributed by atoms with van der Waals surface area (Å²) in [6.07, 6.45) is 36.0. The van der Waals surface area contributed by atoms with E-state index in [1.165, 1.54) is 146 Å². The van der Waals surface area contributed by atoms with Gasteiger partial charge in [0.25, 0.3) is 0 Å². The Balaban J connectivity index is 4.48. The summed E-state index contributed by atoms with van der Waals surface area (Å²) in [4.78, 5) is 54.2. The van der Waals surface area contributed by atoms with Gasteiger partial charge >= 0.3 is 0 Å². The molecule has 8 heteroatoms. The topological polar surface area (TPSA) is 115 Å². The van der Waals surface area contributed by atoms with Crippen LogP contribution in [-0.2, 0) is 19.2 Å². The molecule has 0 aliphatic heterocycles. The molecule has 2 N–H and O–H groups in total. The fourth-order valence-electron chi connectivity index (χ4n) is 6.86. The van der Waals surface area contributed by atoms with Gasteiger partial charge in [0.05, 0.1) is 13.2 Å². The van der Waals surface area contributed by atoms with Crippen LogP contribution >= 0.6 is 0 Å². The predicted octanol–water partition coefficient (Wildman–Crippen LogP) is 10.6. The van der Waals surface area contributed by atoms with Crippen molar-refractivity contribution in [3.63, 3.8) is 0 Å². The summed E-state index contributed by atoms with van der Waals surface area (Å²) < 4.78 is 0. The summed E-state index contributed by atoms with van der Waals surface area (Å²) in [5.74, 6) is -2.46. The number of carbonyl (C=O) groups is 4. The zero-order chi connectivity index (χ0) is 37.6. The molecule has 0 aliphatic carbocycles. The van der Waals surface area contributed by atoms with Crippen LogP contribution in [0.3, 0.4) is 0 Å². The normalized spacial score (nSPS) is 11.2. The summed E-state index contributed by atoms with van der Waals surface area (Å²) in [7, 11) is 0. The Kier molecular flexibility index (Phi) is 36.6. The van der Waals surface area contributed by atoms with Crippen LogP contribution < -0.4 is 0 Å². The summed E-state index contributed by atoms with van der Waals surface area (Å²) in [6.45, 7) is 3.86. The second kappa shape index (κ2) is 37.9. The fraction of sp³-hybridized carbons (Fsp3) is 0.907. The first-order chi connectivity index (χ1) is 24.9. The fourth-order valence-corrected chi connectivity index (χ4v) is 6.86. The highest BCUT2D eigenvalue weighted by Crippen LogP contribution is 2.17. The number of rotatable bonds is 38. The number of carbonyl (C=O) groups excluding carboxylic acids is 4. The molecule has 51 heavy (non-hydrogen) atoms. The molecular weight excluding hydrogens is 640 g/mol. The maximum absolute atomic E-state index is 13.2. The minimum absolute atomic E-state index is 0.0210. The van der Waals surface area contributed by atoms with Crippen molar-refractivity contribution in [2.75, 3.05) is 26.3 Å². The lowest BCUT2D eigenvalue weighted by atomic mass is 10.0. The van der Waals surface area contributed by atoms with Crippen LogP contribution in [0.15, 0.2) is 0 Å². The minimum atomic E-state index is -0.808. The highest BCUT2D eigenvalue weighted by Gasteiger charge is 2.30. The molecule has 300 valence electrons. The van der Waals surface area contributed by atoms with Gasteiger partial charge in [-0.15, -0.1) is 0 Å². The number of amides is 4. The summed E-state index contributed by atoms with van der Waals surface area (Å²) in [5, 5.41) is 18.6. The first-order valence-corrected chi connectivity index (χ1v) is 21.8. The lowest BCUT2D eigenvalue weighted by Gasteiger charge is -2.23. The van der Waals surface area contributed by atoms with Crippen molar-refractivity contribution in [3.8, 4) is 0 Å². The Bertz CT molecular complexity index is 783. The molecular formula is C43H82N2O6. The molecule has 0 aliphatic rings. The number of aliphatic hydroxyl groups is 2. The molecule has 8 nitrogen and oxygen atoms in total. The van der Waals surface area contributed by atoms with Crippen molar-refractivity contribution < 1.29 is 29.4 Å². The molecule has 0 rings (SSSR count).